The van der Waals surface area contributed by atoms with Crippen molar-refractivity contribution in [3.05, 3.63) is 18.2 Å². The number of hydrogen-bond donors (Lipinski definition) is 2. The molecule has 9 nitrogen and oxygen atoms in total. The zero-order valence-corrected chi connectivity index (χ0v) is 16.8. The number of imidazole rings is 1. The van der Waals surface area contributed by atoms with Gasteiger partial charge in [-0.05, 0) is 12.8 Å². The lowest BCUT2D eigenvalue weighted by molar-refractivity contribution is -0.136. The summed E-state index contributed by atoms with van der Waals surface area (Å²) in [6.07, 6.45) is 7.01. The van der Waals surface area contributed by atoms with E-state index in [1.54, 1.807) is 6.20 Å². The molecule has 1 spiro atoms. The number of urea groups is 1. The molecule has 3 heterocycles. The lowest BCUT2D eigenvalue weighted by Crippen LogP contribution is -2.50. The van der Waals surface area contributed by atoms with Gasteiger partial charge in [-0.3, -0.25) is 14.5 Å². The van der Waals surface area contributed by atoms with E-state index in [0.29, 0.717) is 25.9 Å². The number of halogens is 1. The number of nitrogens with one attached hydrogen (secondary N) is 2. The van der Waals surface area contributed by atoms with Crippen molar-refractivity contribution >= 4 is 30.3 Å². The Morgan fingerprint density at radius 1 is 1.32 bits per heavy atom. The van der Waals surface area contributed by atoms with Gasteiger partial charge in [-0.2, -0.15) is 0 Å². The predicted octanol–water partition coefficient (Wildman–Crippen LogP) is 0.570. The highest BCUT2D eigenvalue weighted by Crippen LogP contribution is 2.35. The topological polar surface area (TPSA) is 99.6 Å². The van der Waals surface area contributed by atoms with Gasteiger partial charge in [-0.25, -0.2) is 9.78 Å². The summed E-state index contributed by atoms with van der Waals surface area (Å²) in [4.78, 5) is 45.3. The van der Waals surface area contributed by atoms with Crippen molar-refractivity contribution in [3.63, 3.8) is 0 Å². The first-order valence-corrected chi connectivity index (χ1v) is 9.63. The highest BCUT2D eigenvalue weighted by atomic mass is 35.5. The number of carbonyl (C=O) groups excluding carboxylic acids is 3. The van der Waals surface area contributed by atoms with E-state index in [-0.39, 0.29) is 49.3 Å². The molecule has 1 aromatic heterocycles. The Balaban J connectivity index is 0.00000225. The predicted molar refractivity (Wildman–Crippen MR) is 104 cm³/mol. The third kappa shape index (κ3) is 3.48. The van der Waals surface area contributed by atoms with Crippen molar-refractivity contribution in [2.75, 3.05) is 26.2 Å². The van der Waals surface area contributed by atoms with Crippen LogP contribution in [0.4, 0.5) is 4.79 Å². The van der Waals surface area contributed by atoms with Crippen LogP contribution < -0.4 is 10.6 Å². The Bertz CT molecular complexity index is 760. The third-order valence-corrected chi connectivity index (χ3v) is 5.97. The summed E-state index contributed by atoms with van der Waals surface area (Å²) >= 11 is 0. The Kier molecular flexibility index (Phi) is 5.95. The van der Waals surface area contributed by atoms with Crippen molar-refractivity contribution in [2.24, 2.45) is 7.05 Å². The maximum absolute atomic E-state index is 12.9. The molecule has 0 radical (unpaired) electrons. The molecule has 1 aromatic rings. The van der Waals surface area contributed by atoms with Gasteiger partial charge in [0.1, 0.15) is 17.4 Å². The van der Waals surface area contributed by atoms with Crippen LogP contribution in [0.15, 0.2) is 12.4 Å². The van der Waals surface area contributed by atoms with Crippen molar-refractivity contribution in [1.82, 2.24) is 30.0 Å². The fourth-order valence-corrected chi connectivity index (χ4v) is 4.48. The third-order valence-electron chi connectivity index (χ3n) is 5.97. The molecule has 10 heteroatoms. The molecule has 4 rings (SSSR count). The largest absolute Gasteiger partial charge is 0.336 e. The van der Waals surface area contributed by atoms with Gasteiger partial charge < -0.3 is 20.1 Å². The van der Waals surface area contributed by atoms with E-state index in [1.807, 2.05) is 22.7 Å². The van der Waals surface area contributed by atoms with E-state index >= 15 is 0 Å². The molecule has 0 bridgehead atoms. The van der Waals surface area contributed by atoms with E-state index < -0.39 is 5.54 Å². The molecule has 2 aliphatic heterocycles. The molecule has 1 unspecified atom stereocenters. The van der Waals surface area contributed by atoms with Crippen LogP contribution in [0.5, 0.6) is 0 Å². The minimum atomic E-state index is -0.718. The van der Waals surface area contributed by atoms with E-state index in [4.69, 9.17) is 0 Å². The number of hydrogen-bond acceptors (Lipinski definition) is 5. The highest BCUT2D eigenvalue weighted by Gasteiger charge is 2.52. The van der Waals surface area contributed by atoms with Crippen LogP contribution in [0, 0.1) is 0 Å². The van der Waals surface area contributed by atoms with Gasteiger partial charge >= 0.3 is 6.03 Å². The van der Waals surface area contributed by atoms with Crippen LogP contribution in [0.3, 0.4) is 0 Å². The van der Waals surface area contributed by atoms with Gasteiger partial charge in [0.15, 0.2) is 0 Å². The first-order valence-electron chi connectivity index (χ1n) is 9.63. The van der Waals surface area contributed by atoms with Crippen molar-refractivity contribution in [3.8, 4) is 0 Å². The number of aryl methyl sites for hydroxylation is 1. The molecule has 2 saturated heterocycles. The van der Waals surface area contributed by atoms with Crippen LogP contribution >= 0.6 is 12.4 Å². The Morgan fingerprint density at radius 3 is 2.75 bits per heavy atom. The Labute approximate surface area is 170 Å². The molecule has 1 atom stereocenters. The SMILES string of the molecule is Cl.Cn1ccnc1C1CNCCN1C(=O)CCN1C(=O)NC2(CCCC2)C1=O. The number of carbonyl (C=O) groups is 3. The molecule has 3 aliphatic rings. The Hall–Kier alpha value is -2.13. The molecule has 3 fully saturated rings. The average molecular weight is 411 g/mol. The smallest absolute Gasteiger partial charge is 0.325 e. The second-order valence-corrected chi connectivity index (χ2v) is 7.63. The van der Waals surface area contributed by atoms with Gasteiger partial charge in [-0.15, -0.1) is 12.4 Å². The monoisotopic (exact) mass is 410 g/mol. The number of rotatable bonds is 4. The van der Waals surface area contributed by atoms with E-state index in [1.165, 1.54) is 4.90 Å². The second-order valence-electron chi connectivity index (χ2n) is 7.63. The van der Waals surface area contributed by atoms with Crippen LogP contribution in [-0.4, -0.2) is 68.9 Å². The molecule has 4 amide bonds. The van der Waals surface area contributed by atoms with Crippen LogP contribution in [0.1, 0.15) is 44.0 Å². The molecular formula is C18H27ClN6O3. The molecule has 28 heavy (non-hydrogen) atoms. The summed E-state index contributed by atoms with van der Waals surface area (Å²) in [5, 5.41) is 6.16. The number of amides is 4. The molecule has 0 aromatic carbocycles. The van der Waals surface area contributed by atoms with E-state index in [9.17, 15) is 14.4 Å². The lowest BCUT2D eigenvalue weighted by Gasteiger charge is -2.36. The number of nitrogens with zero attached hydrogens (tertiary/aromatic N) is 4. The second kappa shape index (κ2) is 8.08. The molecule has 1 saturated carbocycles. The number of aromatic nitrogens is 2. The van der Waals surface area contributed by atoms with Gasteiger partial charge in [0.05, 0.1) is 0 Å². The quantitative estimate of drug-likeness (QED) is 0.707. The fourth-order valence-electron chi connectivity index (χ4n) is 4.48. The molecule has 154 valence electrons. The summed E-state index contributed by atoms with van der Waals surface area (Å²) in [5.41, 5.74) is -0.718. The van der Waals surface area contributed by atoms with Gasteiger partial charge in [0.25, 0.3) is 5.91 Å². The first-order chi connectivity index (χ1) is 13.0. The number of imide groups is 1. The highest BCUT2D eigenvalue weighted by molar-refractivity contribution is 6.07. The Morgan fingerprint density at radius 2 is 2.07 bits per heavy atom. The van der Waals surface area contributed by atoms with Crippen LogP contribution in [0.2, 0.25) is 0 Å². The lowest BCUT2D eigenvalue weighted by atomic mass is 9.98. The number of piperazine rings is 1. The summed E-state index contributed by atoms with van der Waals surface area (Å²) in [5.74, 6) is 0.603. The zero-order chi connectivity index (χ0) is 19.0. The van der Waals surface area contributed by atoms with Gasteiger partial charge in [0, 0.05) is 52.0 Å². The van der Waals surface area contributed by atoms with Crippen molar-refractivity contribution in [1.29, 1.82) is 0 Å². The summed E-state index contributed by atoms with van der Waals surface area (Å²) in [6, 6.07) is -0.508. The van der Waals surface area contributed by atoms with E-state index in [2.05, 4.69) is 15.6 Å². The maximum atomic E-state index is 12.9. The minimum absolute atomic E-state index is 0. The summed E-state index contributed by atoms with van der Waals surface area (Å²) in [7, 11) is 1.91. The average Bonchev–Trinajstić information content (AvgIpc) is 3.36. The molecule has 1 aliphatic carbocycles. The van der Waals surface area contributed by atoms with E-state index in [0.717, 1.165) is 25.2 Å². The zero-order valence-electron chi connectivity index (χ0n) is 16.0. The summed E-state index contributed by atoms with van der Waals surface area (Å²) in [6.45, 7) is 2.07. The molecule has 2 N–H and O–H groups in total. The standard InChI is InChI=1S/C18H26N6O3.ClH/c1-22-10-8-20-15(22)13-12-19-7-11-23(13)14(25)4-9-24-16(26)18(21-17(24)27)5-2-3-6-18;/h8,10,13,19H,2-7,9,11-12H2,1H3,(H,21,27);1H. The first kappa shape index (κ1) is 20.6. The molecular weight excluding hydrogens is 384 g/mol. The van der Waals surface area contributed by atoms with Crippen LogP contribution in [0.25, 0.3) is 0 Å². The van der Waals surface area contributed by atoms with Gasteiger partial charge in [0.2, 0.25) is 5.91 Å². The van der Waals surface area contributed by atoms with Crippen LogP contribution in [-0.2, 0) is 16.6 Å². The van der Waals surface area contributed by atoms with Crippen molar-refractivity contribution < 1.29 is 14.4 Å². The summed E-state index contributed by atoms with van der Waals surface area (Å²) < 4.78 is 1.92. The maximum Gasteiger partial charge on any atom is 0.325 e. The minimum Gasteiger partial charge on any atom is -0.336 e. The van der Waals surface area contributed by atoms with Crippen molar-refractivity contribution in [2.45, 2.75) is 43.7 Å². The van der Waals surface area contributed by atoms with Gasteiger partial charge in [-0.1, -0.05) is 12.8 Å². The normalized spacial score (nSPS) is 23.8. The fraction of sp³-hybridized carbons (Fsp3) is 0.667.